The lowest BCUT2D eigenvalue weighted by molar-refractivity contribution is 0.386. The summed E-state index contributed by atoms with van der Waals surface area (Å²) in [7, 11) is 1.44. The van der Waals surface area contributed by atoms with Crippen molar-refractivity contribution in [3.05, 3.63) is 64.5 Å². The van der Waals surface area contributed by atoms with E-state index >= 15 is 0 Å². The first kappa shape index (κ1) is 13.9. The molecular weight excluding hydrogens is 263 g/mol. The van der Waals surface area contributed by atoms with Gasteiger partial charge in [0.1, 0.15) is 0 Å². The number of rotatable bonds is 3. The number of hydrogen-bond donors (Lipinski definition) is 0. The van der Waals surface area contributed by atoms with Crippen LogP contribution in [0, 0.1) is 19.7 Å². The minimum absolute atomic E-state index is 0.230. The highest BCUT2D eigenvalue weighted by atomic mass is 35.5. The van der Waals surface area contributed by atoms with E-state index in [1.807, 2.05) is 26.0 Å². The third-order valence-electron chi connectivity index (χ3n) is 3.01. The molecule has 0 aliphatic heterocycles. The molecule has 0 radical (unpaired) electrons. The van der Waals surface area contributed by atoms with E-state index in [0.29, 0.717) is 0 Å². The van der Waals surface area contributed by atoms with Crippen molar-refractivity contribution >= 4 is 11.6 Å². The second-order valence-corrected chi connectivity index (χ2v) is 5.11. The Kier molecular flexibility index (Phi) is 4.11. The molecule has 0 saturated heterocycles. The Labute approximate surface area is 118 Å². The Morgan fingerprint density at radius 1 is 1.00 bits per heavy atom. The largest absolute Gasteiger partial charge is 0.494 e. The second-order valence-electron chi connectivity index (χ2n) is 4.68. The van der Waals surface area contributed by atoms with Crippen molar-refractivity contribution in [2.75, 3.05) is 7.11 Å². The molecule has 3 heteroatoms. The Bertz CT molecular complexity index is 575. The molecule has 0 aromatic heterocycles. The number of ether oxygens (including phenoxy) is 1. The van der Waals surface area contributed by atoms with Gasteiger partial charge in [0.05, 0.1) is 12.5 Å². The third-order valence-corrected chi connectivity index (χ3v) is 3.51. The SMILES string of the molecule is COc1ccc(C(Cl)c2cc(C)cc(C)c2)cc1F. The summed E-state index contributed by atoms with van der Waals surface area (Å²) >= 11 is 6.44. The standard InChI is InChI=1S/C16H16ClFO/c1-10-6-11(2)8-13(7-10)16(17)12-4-5-15(19-3)14(18)9-12/h4-9,16H,1-3H3. The van der Waals surface area contributed by atoms with Gasteiger partial charge in [-0.25, -0.2) is 4.39 Å². The van der Waals surface area contributed by atoms with Crippen LogP contribution in [0.4, 0.5) is 4.39 Å². The van der Waals surface area contributed by atoms with Crippen LogP contribution in [-0.4, -0.2) is 7.11 Å². The van der Waals surface area contributed by atoms with Crippen molar-refractivity contribution in [1.29, 1.82) is 0 Å². The van der Waals surface area contributed by atoms with Crippen molar-refractivity contribution in [2.24, 2.45) is 0 Å². The number of alkyl halides is 1. The minimum atomic E-state index is -0.393. The van der Waals surface area contributed by atoms with Crippen LogP contribution < -0.4 is 4.74 Å². The zero-order chi connectivity index (χ0) is 14.0. The predicted octanol–water partition coefficient (Wildman–Crippen LogP) is 4.78. The number of aryl methyl sites for hydroxylation is 2. The molecule has 0 bridgehead atoms. The van der Waals surface area contributed by atoms with E-state index in [0.717, 1.165) is 22.3 Å². The second kappa shape index (κ2) is 5.62. The lowest BCUT2D eigenvalue weighted by Gasteiger charge is -2.13. The molecule has 19 heavy (non-hydrogen) atoms. The molecular formula is C16H16ClFO. The van der Waals surface area contributed by atoms with E-state index in [9.17, 15) is 4.39 Å². The van der Waals surface area contributed by atoms with Gasteiger partial charge in [-0.1, -0.05) is 35.4 Å². The number of hydrogen-bond acceptors (Lipinski definition) is 1. The van der Waals surface area contributed by atoms with Crippen LogP contribution in [0.25, 0.3) is 0 Å². The molecule has 2 aromatic rings. The molecule has 0 aliphatic carbocycles. The van der Waals surface area contributed by atoms with Gasteiger partial charge in [0, 0.05) is 0 Å². The Hall–Kier alpha value is -1.54. The van der Waals surface area contributed by atoms with Gasteiger partial charge in [0.15, 0.2) is 11.6 Å². The van der Waals surface area contributed by atoms with Gasteiger partial charge in [-0.2, -0.15) is 0 Å². The molecule has 100 valence electrons. The lowest BCUT2D eigenvalue weighted by atomic mass is 10.00. The molecule has 0 saturated carbocycles. The highest BCUT2D eigenvalue weighted by Gasteiger charge is 2.14. The third kappa shape index (κ3) is 3.07. The summed E-state index contributed by atoms with van der Waals surface area (Å²) in [4.78, 5) is 0. The van der Waals surface area contributed by atoms with Gasteiger partial charge in [0.25, 0.3) is 0 Å². The molecule has 0 spiro atoms. The molecule has 0 N–H and O–H groups in total. The molecule has 0 heterocycles. The fourth-order valence-corrected chi connectivity index (χ4v) is 2.45. The minimum Gasteiger partial charge on any atom is -0.494 e. The van der Waals surface area contributed by atoms with Crippen molar-refractivity contribution in [2.45, 2.75) is 19.2 Å². The van der Waals surface area contributed by atoms with E-state index in [-0.39, 0.29) is 11.1 Å². The van der Waals surface area contributed by atoms with E-state index < -0.39 is 5.82 Å². The van der Waals surface area contributed by atoms with Gasteiger partial charge < -0.3 is 4.74 Å². The smallest absolute Gasteiger partial charge is 0.165 e. The lowest BCUT2D eigenvalue weighted by Crippen LogP contribution is -1.97. The van der Waals surface area contributed by atoms with Crippen LogP contribution in [0.1, 0.15) is 27.6 Å². The maximum atomic E-state index is 13.7. The maximum Gasteiger partial charge on any atom is 0.165 e. The average Bonchev–Trinajstić information content (AvgIpc) is 2.36. The maximum absolute atomic E-state index is 13.7. The summed E-state index contributed by atoms with van der Waals surface area (Å²) in [5.41, 5.74) is 4.00. The first-order valence-corrected chi connectivity index (χ1v) is 6.50. The summed E-state index contributed by atoms with van der Waals surface area (Å²) in [6, 6.07) is 10.9. The van der Waals surface area contributed by atoms with Crippen molar-refractivity contribution in [3.8, 4) is 5.75 Å². The van der Waals surface area contributed by atoms with Crippen LogP contribution in [0.3, 0.4) is 0 Å². The van der Waals surface area contributed by atoms with Gasteiger partial charge >= 0.3 is 0 Å². The summed E-state index contributed by atoms with van der Waals surface area (Å²) in [5.74, 6) is -0.164. The Morgan fingerprint density at radius 2 is 1.63 bits per heavy atom. The van der Waals surface area contributed by atoms with Crippen molar-refractivity contribution in [1.82, 2.24) is 0 Å². The fraction of sp³-hybridized carbons (Fsp3) is 0.250. The first-order chi connectivity index (χ1) is 9.01. The van der Waals surface area contributed by atoms with Gasteiger partial charge in [-0.15, -0.1) is 11.6 Å². The van der Waals surface area contributed by atoms with Crippen molar-refractivity contribution in [3.63, 3.8) is 0 Å². The molecule has 0 aliphatic rings. The van der Waals surface area contributed by atoms with Crippen LogP contribution >= 0.6 is 11.6 Å². The summed E-state index contributed by atoms with van der Waals surface area (Å²) in [6.45, 7) is 4.05. The van der Waals surface area contributed by atoms with Crippen LogP contribution in [0.15, 0.2) is 36.4 Å². The van der Waals surface area contributed by atoms with Gasteiger partial charge in [0.2, 0.25) is 0 Å². The molecule has 0 amide bonds. The van der Waals surface area contributed by atoms with E-state index in [1.165, 1.54) is 13.2 Å². The molecule has 1 atom stereocenters. The predicted molar refractivity (Wildman–Crippen MR) is 76.6 cm³/mol. The van der Waals surface area contributed by atoms with Gasteiger partial charge in [-0.3, -0.25) is 0 Å². The van der Waals surface area contributed by atoms with Crippen LogP contribution in [0.2, 0.25) is 0 Å². The van der Waals surface area contributed by atoms with Crippen molar-refractivity contribution < 1.29 is 9.13 Å². The van der Waals surface area contributed by atoms with E-state index in [4.69, 9.17) is 16.3 Å². The zero-order valence-corrected chi connectivity index (χ0v) is 12.0. The monoisotopic (exact) mass is 278 g/mol. The summed E-state index contributed by atoms with van der Waals surface area (Å²) in [5, 5.41) is -0.362. The Morgan fingerprint density at radius 3 is 2.16 bits per heavy atom. The topological polar surface area (TPSA) is 9.23 Å². The molecule has 0 fully saturated rings. The van der Waals surface area contributed by atoms with E-state index in [2.05, 4.69) is 6.07 Å². The fourth-order valence-electron chi connectivity index (χ4n) is 2.19. The van der Waals surface area contributed by atoms with E-state index in [1.54, 1.807) is 12.1 Å². The zero-order valence-electron chi connectivity index (χ0n) is 11.2. The average molecular weight is 279 g/mol. The first-order valence-electron chi connectivity index (χ1n) is 6.07. The quantitative estimate of drug-likeness (QED) is 0.734. The number of halogens is 2. The Balaban J connectivity index is 2.38. The van der Waals surface area contributed by atoms with Gasteiger partial charge in [-0.05, 0) is 37.1 Å². The van der Waals surface area contributed by atoms with Crippen LogP contribution in [0.5, 0.6) is 5.75 Å². The number of methoxy groups -OCH3 is 1. The normalized spacial score (nSPS) is 12.3. The highest BCUT2D eigenvalue weighted by molar-refractivity contribution is 6.22. The summed E-state index contributed by atoms with van der Waals surface area (Å²) in [6.07, 6.45) is 0. The van der Waals surface area contributed by atoms with Crippen LogP contribution in [-0.2, 0) is 0 Å². The number of benzene rings is 2. The molecule has 1 unspecified atom stereocenters. The summed E-state index contributed by atoms with van der Waals surface area (Å²) < 4.78 is 18.6. The molecule has 1 nitrogen and oxygen atoms in total. The molecule has 2 rings (SSSR count). The molecule has 2 aromatic carbocycles. The highest BCUT2D eigenvalue weighted by Crippen LogP contribution is 2.32.